The Balaban J connectivity index is 2.05. The maximum absolute atomic E-state index is 11.7. The van der Waals surface area contributed by atoms with Gasteiger partial charge in [0, 0.05) is 0 Å². The molecule has 0 saturated carbocycles. The van der Waals surface area contributed by atoms with Crippen LogP contribution in [0.1, 0.15) is 17.5 Å². The number of rotatable bonds is 4. The molecule has 1 aliphatic carbocycles. The van der Waals surface area contributed by atoms with Gasteiger partial charge in [0.1, 0.15) is 17.1 Å². The normalized spacial score (nSPS) is 21.0. The Morgan fingerprint density at radius 3 is 2.43 bits per heavy atom. The lowest BCUT2D eigenvalue weighted by Gasteiger charge is -2.30. The molecule has 2 aromatic carbocycles. The van der Waals surface area contributed by atoms with Gasteiger partial charge in [-0.05, 0) is 36.1 Å². The van der Waals surface area contributed by atoms with Crippen molar-refractivity contribution in [3.63, 3.8) is 0 Å². The van der Waals surface area contributed by atoms with Gasteiger partial charge >= 0.3 is 0 Å². The fraction of sp³-hybridized carbons (Fsp3) is 0.250. The molecule has 1 unspecified atom stereocenters. The molecule has 1 atom stereocenters. The number of sulfonamides is 1. The van der Waals surface area contributed by atoms with Crippen LogP contribution in [0.5, 0.6) is 5.75 Å². The molecular formula is C16H17NO3S. The molecule has 0 fully saturated rings. The summed E-state index contributed by atoms with van der Waals surface area (Å²) in [6, 6.07) is 17.1. The molecule has 0 spiro atoms. The number of fused-ring (bicyclic) bond motifs is 1. The van der Waals surface area contributed by atoms with Gasteiger partial charge in [-0.1, -0.05) is 42.5 Å². The van der Waals surface area contributed by atoms with E-state index >= 15 is 0 Å². The van der Waals surface area contributed by atoms with Crippen LogP contribution in [0, 0.1) is 0 Å². The van der Waals surface area contributed by atoms with E-state index in [0.717, 1.165) is 17.5 Å². The molecule has 0 aromatic heterocycles. The molecule has 2 N–H and O–H groups in total. The summed E-state index contributed by atoms with van der Waals surface area (Å²) in [4.78, 5) is 0. The Bertz CT molecular complexity index is 743. The standard InChI is InChI=1S/C16H17NO3S/c17-21(18,19)12-16(20-14-7-2-1-3-8-14)11-10-13-6-4-5-9-15(13)16/h1-9H,10-12H2,(H2,17,18,19). The largest absolute Gasteiger partial charge is 0.481 e. The third-order valence-electron chi connectivity index (χ3n) is 3.80. The summed E-state index contributed by atoms with van der Waals surface area (Å²) in [7, 11) is -3.65. The quantitative estimate of drug-likeness (QED) is 0.941. The molecule has 0 amide bonds. The minimum absolute atomic E-state index is 0.216. The molecule has 0 heterocycles. The van der Waals surface area contributed by atoms with Crippen LogP contribution in [-0.4, -0.2) is 14.2 Å². The van der Waals surface area contributed by atoms with Crippen molar-refractivity contribution in [1.82, 2.24) is 0 Å². The highest BCUT2D eigenvalue weighted by molar-refractivity contribution is 7.89. The topological polar surface area (TPSA) is 69.4 Å². The number of para-hydroxylation sites is 1. The molecule has 0 saturated heterocycles. The summed E-state index contributed by atoms with van der Waals surface area (Å²) in [6.45, 7) is 0. The first-order chi connectivity index (χ1) is 9.99. The van der Waals surface area contributed by atoms with Crippen LogP contribution < -0.4 is 9.88 Å². The first-order valence-corrected chi connectivity index (χ1v) is 8.53. The van der Waals surface area contributed by atoms with Crippen molar-refractivity contribution < 1.29 is 13.2 Å². The van der Waals surface area contributed by atoms with Gasteiger partial charge in [-0.3, -0.25) is 0 Å². The maximum Gasteiger partial charge on any atom is 0.213 e. The average molecular weight is 303 g/mol. The first kappa shape index (κ1) is 14.1. The van der Waals surface area contributed by atoms with Crippen LogP contribution in [0.4, 0.5) is 0 Å². The van der Waals surface area contributed by atoms with E-state index in [2.05, 4.69) is 0 Å². The van der Waals surface area contributed by atoms with Crippen molar-refractivity contribution in [2.75, 3.05) is 5.75 Å². The van der Waals surface area contributed by atoms with E-state index in [1.54, 1.807) is 0 Å². The summed E-state index contributed by atoms with van der Waals surface area (Å²) in [6.07, 6.45) is 1.40. The van der Waals surface area contributed by atoms with Gasteiger partial charge in [0.25, 0.3) is 0 Å². The minimum atomic E-state index is -3.65. The smallest absolute Gasteiger partial charge is 0.213 e. The molecule has 2 aromatic rings. The number of hydrogen-bond donors (Lipinski definition) is 1. The van der Waals surface area contributed by atoms with Crippen LogP contribution in [0.2, 0.25) is 0 Å². The van der Waals surface area contributed by atoms with Crippen molar-refractivity contribution in [2.45, 2.75) is 18.4 Å². The molecule has 0 bridgehead atoms. The summed E-state index contributed by atoms with van der Waals surface area (Å²) < 4.78 is 29.5. The Labute approximate surface area is 124 Å². The van der Waals surface area contributed by atoms with E-state index in [1.165, 1.54) is 0 Å². The predicted octanol–water partition coefficient (Wildman–Crippen LogP) is 2.20. The maximum atomic E-state index is 11.7. The number of hydrogen-bond acceptors (Lipinski definition) is 3. The Morgan fingerprint density at radius 2 is 1.71 bits per heavy atom. The van der Waals surface area contributed by atoms with Crippen molar-refractivity contribution in [3.8, 4) is 5.75 Å². The fourth-order valence-electron chi connectivity index (χ4n) is 2.98. The van der Waals surface area contributed by atoms with Crippen LogP contribution in [-0.2, 0) is 22.0 Å². The van der Waals surface area contributed by atoms with Gasteiger partial charge in [0.15, 0.2) is 0 Å². The number of primary sulfonamides is 1. The van der Waals surface area contributed by atoms with Crippen LogP contribution in [0.3, 0.4) is 0 Å². The second-order valence-corrected chi connectivity index (χ2v) is 6.99. The van der Waals surface area contributed by atoms with Crippen LogP contribution in [0.25, 0.3) is 0 Å². The van der Waals surface area contributed by atoms with E-state index in [0.29, 0.717) is 12.2 Å². The summed E-state index contributed by atoms with van der Waals surface area (Å²) in [5.41, 5.74) is 1.14. The fourth-order valence-corrected chi connectivity index (χ4v) is 3.99. The average Bonchev–Trinajstić information content (AvgIpc) is 2.77. The summed E-state index contributed by atoms with van der Waals surface area (Å²) in [5.74, 6) is 0.434. The number of benzene rings is 2. The van der Waals surface area contributed by atoms with Gasteiger partial charge in [-0.2, -0.15) is 0 Å². The minimum Gasteiger partial charge on any atom is -0.481 e. The SMILES string of the molecule is NS(=O)(=O)CC1(Oc2ccccc2)CCc2ccccc21. The highest BCUT2D eigenvalue weighted by atomic mass is 32.2. The summed E-state index contributed by atoms with van der Waals surface area (Å²) in [5, 5.41) is 5.30. The van der Waals surface area contributed by atoms with Crippen LogP contribution >= 0.6 is 0 Å². The first-order valence-electron chi connectivity index (χ1n) is 6.81. The molecule has 4 nitrogen and oxygen atoms in total. The monoisotopic (exact) mass is 303 g/mol. The van der Waals surface area contributed by atoms with E-state index < -0.39 is 15.6 Å². The number of aryl methyl sites for hydroxylation is 1. The predicted molar refractivity (Wildman–Crippen MR) is 81.5 cm³/mol. The Morgan fingerprint density at radius 1 is 1.05 bits per heavy atom. The lowest BCUT2D eigenvalue weighted by Crippen LogP contribution is -2.40. The second-order valence-electron chi connectivity index (χ2n) is 5.37. The molecule has 110 valence electrons. The number of nitrogens with two attached hydrogens (primary N) is 1. The lowest BCUT2D eigenvalue weighted by molar-refractivity contribution is 0.0923. The molecule has 0 aliphatic heterocycles. The van der Waals surface area contributed by atoms with E-state index in [-0.39, 0.29) is 5.75 Å². The molecule has 3 rings (SSSR count). The van der Waals surface area contributed by atoms with Crippen molar-refractivity contribution >= 4 is 10.0 Å². The van der Waals surface area contributed by atoms with Crippen molar-refractivity contribution in [3.05, 3.63) is 65.7 Å². The van der Waals surface area contributed by atoms with Gasteiger partial charge in [-0.25, -0.2) is 13.6 Å². The molecule has 5 heteroatoms. The summed E-state index contributed by atoms with van der Waals surface area (Å²) >= 11 is 0. The zero-order valence-electron chi connectivity index (χ0n) is 11.5. The zero-order chi connectivity index (χ0) is 14.9. The molecule has 21 heavy (non-hydrogen) atoms. The van der Waals surface area contributed by atoms with Gasteiger partial charge in [0.05, 0.1) is 0 Å². The molecule has 0 radical (unpaired) electrons. The molecular weight excluding hydrogens is 286 g/mol. The van der Waals surface area contributed by atoms with Crippen molar-refractivity contribution in [1.29, 1.82) is 0 Å². The van der Waals surface area contributed by atoms with Gasteiger partial charge in [-0.15, -0.1) is 0 Å². The lowest BCUT2D eigenvalue weighted by atomic mass is 9.98. The highest BCUT2D eigenvalue weighted by Crippen LogP contribution is 2.41. The Kier molecular flexibility index (Phi) is 3.47. The van der Waals surface area contributed by atoms with Gasteiger partial charge in [0.2, 0.25) is 10.0 Å². The van der Waals surface area contributed by atoms with Gasteiger partial charge < -0.3 is 4.74 Å². The van der Waals surface area contributed by atoms with E-state index in [1.807, 2.05) is 54.6 Å². The third kappa shape index (κ3) is 2.94. The molecule has 1 aliphatic rings. The zero-order valence-corrected chi connectivity index (χ0v) is 12.3. The van der Waals surface area contributed by atoms with E-state index in [4.69, 9.17) is 9.88 Å². The Hall–Kier alpha value is -1.85. The van der Waals surface area contributed by atoms with Crippen LogP contribution in [0.15, 0.2) is 54.6 Å². The van der Waals surface area contributed by atoms with E-state index in [9.17, 15) is 8.42 Å². The highest BCUT2D eigenvalue weighted by Gasteiger charge is 2.43. The number of ether oxygens (including phenoxy) is 1. The third-order valence-corrected chi connectivity index (χ3v) is 4.67. The second kappa shape index (κ2) is 5.16. The van der Waals surface area contributed by atoms with Crippen molar-refractivity contribution in [2.24, 2.45) is 5.14 Å².